The highest BCUT2D eigenvalue weighted by atomic mass is 15.0. The molecule has 5 nitrogen and oxygen atoms in total. The molecule has 0 amide bonds. The van der Waals surface area contributed by atoms with Gasteiger partial charge in [0.15, 0.2) is 5.69 Å². The average Bonchev–Trinajstić information content (AvgIpc) is 3.80. The molecule has 0 radical (unpaired) electrons. The van der Waals surface area contributed by atoms with Crippen LogP contribution >= 0.6 is 0 Å². The van der Waals surface area contributed by atoms with Crippen molar-refractivity contribution in [3.05, 3.63) is 169 Å². The number of benzene rings is 7. The third-order valence-electron chi connectivity index (χ3n) is 9.84. The van der Waals surface area contributed by atoms with Gasteiger partial charge < -0.3 is 13.7 Å². The standard InChI is InChI=1S/C44H25N5/c1-46-29-19-22-41-37(25-29)34-20-23-42-43(44(34)49(41)30-10-3-2-4-11-30)35-15-6-8-17-39(35)48(42)32-13-9-12-31(26-32)47-38-16-7-5-14-33(38)36-24-28(27-45)18-21-40(36)47/h2-26H. The summed E-state index contributed by atoms with van der Waals surface area (Å²) in [6.45, 7) is 7.71. The maximum atomic E-state index is 9.65. The van der Waals surface area contributed by atoms with E-state index in [1.54, 1.807) is 0 Å². The molecule has 0 atom stereocenters. The summed E-state index contributed by atoms with van der Waals surface area (Å²) in [7, 11) is 0. The number of aromatic nitrogens is 3. The Hall–Kier alpha value is -7.08. The van der Waals surface area contributed by atoms with Crippen molar-refractivity contribution < 1.29 is 0 Å². The van der Waals surface area contributed by atoms with Crippen LogP contribution in [0.3, 0.4) is 0 Å². The fraction of sp³-hybridized carbons (Fsp3) is 0. The molecule has 7 aromatic carbocycles. The number of hydrogen-bond donors (Lipinski definition) is 0. The van der Waals surface area contributed by atoms with Crippen LogP contribution in [0.4, 0.5) is 5.69 Å². The highest BCUT2D eigenvalue weighted by Crippen LogP contribution is 2.43. The number of para-hydroxylation sites is 3. The summed E-state index contributed by atoms with van der Waals surface area (Å²) in [6.07, 6.45) is 0. The predicted molar refractivity (Wildman–Crippen MR) is 200 cm³/mol. The first-order valence-corrected chi connectivity index (χ1v) is 16.2. The molecule has 0 aliphatic rings. The zero-order valence-corrected chi connectivity index (χ0v) is 26.2. The van der Waals surface area contributed by atoms with Crippen LogP contribution < -0.4 is 0 Å². The van der Waals surface area contributed by atoms with Crippen LogP contribution in [0.5, 0.6) is 0 Å². The Labute approximate surface area is 281 Å². The number of fused-ring (bicyclic) bond motifs is 10. The Bertz CT molecular complexity index is 3070. The predicted octanol–water partition coefficient (Wildman–Crippen LogP) is 11.4. The lowest BCUT2D eigenvalue weighted by Crippen LogP contribution is -1.98. The fourth-order valence-corrected chi connectivity index (χ4v) is 7.83. The minimum absolute atomic E-state index is 0.632. The van der Waals surface area contributed by atoms with Gasteiger partial charge in [-0.05, 0) is 84.2 Å². The monoisotopic (exact) mass is 623 g/mol. The van der Waals surface area contributed by atoms with Gasteiger partial charge >= 0.3 is 0 Å². The molecule has 226 valence electrons. The minimum atomic E-state index is 0.632. The molecule has 0 saturated carbocycles. The van der Waals surface area contributed by atoms with Crippen LogP contribution in [-0.2, 0) is 0 Å². The zero-order chi connectivity index (χ0) is 32.6. The molecule has 0 N–H and O–H groups in total. The first-order chi connectivity index (χ1) is 24.2. The lowest BCUT2D eigenvalue weighted by Gasteiger charge is -2.13. The summed E-state index contributed by atoms with van der Waals surface area (Å²) >= 11 is 0. The summed E-state index contributed by atoms with van der Waals surface area (Å²) in [5.74, 6) is 0. The average molecular weight is 624 g/mol. The Balaban J connectivity index is 1.30. The van der Waals surface area contributed by atoms with Gasteiger partial charge in [-0.1, -0.05) is 72.8 Å². The molecule has 0 aliphatic carbocycles. The van der Waals surface area contributed by atoms with Gasteiger partial charge in [0, 0.05) is 44.0 Å². The SMILES string of the molecule is [C-]#[N+]c1ccc2c(c1)c1ccc3c(c4ccccc4n3-c3cccc(-n4c5ccccc5c5cc(C#N)ccc54)c3)c1n2-c1ccccc1. The van der Waals surface area contributed by atoms with Crippen LogP contribution in [0.15, 0.2) is 152 Å². The summed E-state index contributed by atoms with van der Waals surface area (Å²) in [4.78, 5) is 3.76. The second-order valence-corrected chi connectivity index (χ2v) is 12.4. The lowest BCUT2D eigenvalue weighted by molar-refractivity contribution is 1.13. The second-order valence-electron chi connectivity index (χ2n) is 12.4. The second kappa shape index (κ2) is 10.2. The lowest BCUT2D eigenvalue weighted by atomic mass is 10.1. The maximum Gasteiger partial charge on any atom is 0.188 e. The third kappa shape index (κ3) is 3.79. The summed E-state index contributed by atoms with van der Waals surface area (Å²) < 4.78 is 7.01. The first kappa shape index (κ1) is 27.1. The van der Waals surface area contributed by atoms with Gasteiger partial charge in [-0.25, -0.2) is 4.85 Å². The molecule has 5 heteroatoms. The molecule has 0 saturated heterocycles. The van der Waals surface area contributed by atoms with E-state index < -0.39 is 0 Å². The van der Waals surface area contributed by atoms with E-state index in [1.165, 1.54) is 10.8 Å². The minimum Gasteiger partial charge on any atom is -0.309 e. The smallest absolute Gasteiger partial charge is 0.188 e. The van der Waals surface area contributed by atoms with E-state index in [1.807, 2.05) is 30.3 Å². The molecule has 3 heterocycles. The van der Waals surface area contributed by atoms with E-state index in [-0.39, 0.29) is 0 Å². The van der Waals surface area contributed by atoms with Crippen LogP contribution in [0, 0.1) is 17.9 Å². The highest BCUT2D eigenvalue weighted by Gasteiger charge is 2.21. The van der Waals surface area contributed by atoms with Crippen molar-refractivity contribution in [3.63, 3.8) is 0 Å². The Morgan fingerprint density at radius 3 is 1.82 bits per heavy atom. The van der Waals surface area contributed by atoms with E-state index in [0.717, 1.165) is 71.7 Å². The summed E-state index contributed by atoms with van der Waals surface area (Å²) in [5.41, 5.74) is 11.1. The van der Waals surface area contributed by atoms with Gasteiger partial charge in [-0.2, -0.15) is 5.26 Å². The largest absolute Gasteiger partial charge is 0.309 e. The molecule has 0 bridgehead atoms. The summed E-state index contributed by atoms with van der Waals surface area (Å²) in [6, 6.07) is 54.9. The zero-order valence-electron chi connectivity index (χ0n) is 26.2. The normalized spacial score (nSPS) is 11.6. The summed E-state index contributed by atoms with van der Waals surface area (Å²) in [5, 5.41) is 16.4. The number of nitrogens with zero attached hydrogens (tertiary/aromatic N) is 5. The van der Waals surface area contributed by atoms with E-state index in [0.29, 0.717) is 11.3 Å². The molecular weight excluding hydrogens is 599 g/mol. The van der Waals surface area contributed by atoms with Gasteiger partial charge in [0.2, 0.25) is 0 Å². The maximum absolute atomic E-state index is 9.65. The molecule has 0 unspecified atom stereocenters. The van der Waals surface area contributed by atoms with Gasteiger partial charge in [0.25, 0.3) is 0 Å². The van der Waals surface area contributed by atoms with Crippen molar-refractivity contribution in [2.24, 2.45) is 0 Å². The molecule has 0 fully saturated rings. The number of rotatable bonds is 3. The van der Waals surface area contributed by atoms with Gasteiger partial charge in [0.05, 0.1) is 51.3 Å². The first-order valence-electron chi connectivity index (χ1n) is 16.2. The van der Waals surface area contributed by atoms with Crippen molar-refractivity contribution in [1.82, 2.24) is 13.7 Å². The van der Waals surface area contributed by atoms with Gasteiger partial charge in [-0.3, -0.25) is 0 Å². The van der Waals surface area contributed by atoms with Crippen LogP contribution in [0.25, 0.3) is 87.3 Å². The topological polar surface area (TPSA) is 42.9 Å². The molecule has 3 aromatic heterocycles. The fourth-order valence-electron chi connectivity index (χ4n) is 7.83. The van der Waals surface area contributed by atoms with E-state index in [4.69, 9.17) is 6.57 Å². The Morgan fingerprint density at radius 1 is 0.449 bits per heavy atom. The molecular formula is C44H25N5. The van der Waals surface area contributed by atoms with Gasteiger partial charge in [-0.15, -0.1) is 0 Å². The Morgan fingerprint density at radius 2 is 1.04 bits per heavy atom. The number of hydrogen-bond acceptors (Lipinski definition) is 1. The highest BCUT2D eigenvalue weighted by molar-refractivity contribution is 6.26. The number of nitriles is 1. The Kier molecular flexibility index (Phi) is 5.64. The van der Waals surface area contributed by atoms with Crippen molar-refractivity contribution in [2.75, 3.05) is 0 Å². The van der Waals surface area contributed by atoms with Crippen LogP contribution in [0.1, 0.15) is 5.56 Å². The van der Waals surface area contributed by atoms with Crippen LogP contribution in [0.2, 0.25) is 0 Å². The van der Waals surface area contributed by atoms with Crippen molar-refractivity contribution in [1.29, 1.82) is 5.26 Å². The molecule has 10 rings (SSSR count). The van der Waals surface area contributed by atoms with E-state index >= 15 is 0 Å². The van der Waals surface area contributed by atoms with Crippen molar-refractivity contribution >= 4 is 71.1 Å². The van der Waals surface area contributed by atoms with Crippen molar-refractivity contribution in [3.8, 4) is 23.1 Å². The quantitative estimate of drug-likeness (QED) is 0.181. The molecule has 0 spiro atoms. The van der Waals surface area contributed by atoms with Gasteiger partial charge in [0.1, 0.15) is 0 Å². The molecule has 49 heavy (non-hydrogen) atoms. The van der Waals surface area contributed by atoms with E-state index in [2.05, 4.69) is 146 Å². The van der Waals surface area contributed by atoms with Crippen molar-refractivity contribution in [2.45, 2.75) is 0 Å². The molecule has 10 aromatic rings. The molecule has 0 aliphatic heterocycles. The third-order valence-corrected chi connectivity index (χ3v) is 9.84. The van der Waals surface area contributed by atoms with Crippen LogP contribution in [-0.4, -0.2) is 13.7 Å². The van der Waals surface area contributed by atoms with E-state index in [9.17, 15) is 5.26 Å².